The third-order valence-electron chi connectivity index (χ3n) is 2.92. The molecule has 0 fully saturated rings. The van der Waals surface area contributed by atoms with E-state index in [9.17, 15) is 9.59 Å². The number of rotatable bonds is 5. The lowest BCUT2D eigenvalue weighted by atomic mass is 10.2. The molecular formula is C16H14BrClN2O4. The number of halogens is 2. The van der Waals surface area contributed by atoms with Crippen molar-refractivity contribution in [2.75, 3.05) is 13.7 Å². The third-order valence-corrected chi connectivity index (χ3v) is 3.77. The topological polar surface area (TPSA) is 76.7 Å². The second-order valence-corrected chi connectivity index (χ2v) is 5.86. The number of methoxy groups -OCH3 is 1. The van der Waals surface area contributed by atoms with Crippen LogP contribution in [0.2, 0.25) is 5.02 Å². The van der Waals surface area contributed by atoms with Crippen LogP contribution in [0.1, 0.15) is 10.4 Å². The molecule has 2 amide bonds. The molecule has 0 aliphatic rings. The molecule has 2 aromatic rings. The van der Waals surface area contributed by atoms with E-state index in [1.54, 1.807) is 42.5 Å². The molecule has 0 spiro atoms. The molecular weight excluding hydrogens is 400 g/mol. The minimum absolute atomic E-state index is 0.271. The molecule has 126 valence electrons. The number of hydrazine groups is 1. The fourth-order valence-corrected chi connectivity index (χ4v) is 2.59. The van der Waals surface area contributed by atoms with Crippen molar-refractivity contribution in [2.45, 2.75) is 0 Å². The normalized spacial score (nSPS) is 9.96. The van der Waals surface area contributed by atoms with E-state index in [1.165, 1.54) is 7.11 Å². The molecule has 0 heterocycles. The molecule has 0 bridgehead atoms. The van der Waals surface area contributed by atoms with Gasteiger partial charge in [0.25, 0.3) is 11.8 Å². The molecule has 0 saturated heterocycles. The van der Waals surface area contributed by atoms with Crippen LogP contribution in [-0.2, 0) is 4.79 Å². The molecule has 2 N–H and O–H groups in total. The lowest BCUT2D eigenvalue weighted by molar-refractivity contribution is -0.123. The van der Waals surface area contributed by atoms with Crippen molar-refractivity contribution in [2.24, 2.45) is 0 Å². The van der Waals surface area contributed by atoms with Crippen molar-refractivity contribution >= 4 is 39.3 Å². The molecule has 0 atom stereocenters. The largest absolute Gasteiger partial charge is 0.496 e. The van der Waals surface area contributed by atoms with Gasteiger partial charge in [-0.1, -0.05) is 23.7 Å². The van der Waals surface area contributed by atoms with Gasteiger partial charge in [-0.05, 0) is 46.3 Å². The lowest BCUT2D eigenvalue weighted by Gasteiger charge is -2.11. The number of nitrogens with one attached hydrogen (secondary N) is 2. The van der Waals surface area contributed by atoms with Crippen LogP contribution in [0.3, 0.4) is 0 Å². The van der Waals surface area contributed by atoms with E-state index in [4.69, 9.17) is 21.1 Å². The highest BCUT2D eigenvalue weighted by atomic mass is 79.9. The van der Waals surface area contributed by atoms with Crippen LogP contribution in [0.25, 0.3) is 0 Å². The number of hydrogen-bond donors (Lipinski definition) is 2. The van der Waals surface area contributed by atoms with E-state index in [0.29, 0.717) is 26.6 Å². The summed E-state index contributed by atoms with van der Waals surface area (Å²) >= 11 is 9.11. The van der Waals surface area contributed by atoms with Crippen molar-refractivity contribution in [1.29, 1.82) is 0 Å². The number of benzene rings is 2. The number of ether oxygens (including phenoxy) is 2. The first-order valence-electron chi connectivity index (χ1n) is 6.81. The summed E-state index contributed by atoms with van der Waals surface area (Å²) < 4.78 is 11.1. The summed E-state index contributed by atoms with van der Waals surface area (Å²) in [4.78, 5) is 23.8. The summed E-state index contributed by atoms with van der Waals surface area (Å²) in [6, 6.07) is 11.6. The first kappa shape index (κ1) is 18.1. The molecule has 0 aliphatic heterocycles. The standard InChI is InChI=1S/C16H14BrClN2O4/c1-23-13-5-3-2-4-11(13)16(22)20-19-15(21)9-24-14-7-6-10(18)8-12(14)17/h2-8H,9H2,1H3,(H,19,21)(H,20,22). The van der Waals surface area contributed by atoms with Crippen LogP contribution in [0.15, 0.2) is 46.9 Å². The molecule has 0 radical (unpaired) electrons. The Labute approximate surface area is 152 Å². The predicted octanol–water partition coefficient (Wildman–Crippen LogP) is 2.95. The van der Waals surface area contributed by atoms with Gasteiger partial charge >= 0.3 is 0 Å². The van der Waals surface area contributed by atoms with Crippen LogP contribution in [0, 0.1) is 0 Å². The molecule has 8 heteroatoms. The number of carbonyl (C=O) groups is 2. The highest BCUT2D eigenvalue weighted by molar-refractivity contribution is 9.10. The van der Waals surface area contributed by atoms with Crippen molar-refractivity contribution in [1.82, 2.24) is 10.9 Å². The van der Waals surface area contributed by atoms with E-state index in [-0.39, 0.29) is 6.61 Å². The van der Waals surface area contributed by atoms with Gasteiger partial charge in [0.15, 0.2) is 6.61 Å². The maximum atomic E-state index is 12.0. The maximum Gasteiger partial charge on any atom is 0.276 e. The third kappa shape index (κ3) is 4.87. The summed E-state index contributed by atoms with van der Waals surface area (Å²) in [5.74, 6) is -0.134. The SMILES string of the molecule is COc1ccccc1C(=O)NNC(=O)COc1ccc(Cl)cc1Br. The Kier molecular flexibility index (Phi) is 6.45. The van der Waals surface area contributed by atoms with Crippen molar-refractivity contribution in [3.63, 3.8) is 0 Å². The van der Waals surface area contributed by atoms with E-state index in [2.05, 4.69) is 26.8 Å². The quantitative estimate of drug-likeness (QED) is 0.739. The number of carbonyl (C=O) groups excluding carboxylic acids is 2. The zero-order chi connectivity index (χ0) is 17.5. The lowest BCUT2D eigenvalue weighted by Crippen LogP contribution is -2.43. The molecule has 0 saturated carbocycles. The zero-order valence-electron chi connectivity index (χ0n) is 12.6. The van der Waals surface area contributed by atoms with Gasteiger partial charge in [0, 0.05) is 5.02 Å². The Morgan fingerprint density at radius 2 is 1.88 bits per heavy atom. The number of hydrogen-bond acceptors (Lipinski definition) is 4. The smallest absolute Gasteiger partial charge is 0.276 e. The molecule has 2 aromatic carbocycles. The van der Waals surface area contributed by atoms with Gasteiger partial charge in [-0.25, -0.2) is 0 Å². The van der Waals surface area contributed by atoms with Gasteiger partial charge in [-0.15, -0.1) is 0 Å². The van der Waals surface area contributed by atoms with E-state index in [0.717, 1.165) is 0 Å². The summed E-state index contributed by atoms with van der Waals surface area (Å²) in [6.45, 7) is -0.271. The Bertz CT molecular complexity index is 755. The molecule has 6 nitrogen and oxygen atoms in total. The van der Waals surface area contributed by atoms with E-state index >= 15 is 0 Å². The maximum absolute atomic E-state index is 12.0. The number of amides is 2. The molecule has 0 aliphatic carbocycles. The Balaban J connectivity index is 1.85. The molecule has 0 unspecified atom stereocenters. The minimum atomic E-state index is -0.514. The summed E-state index contributed by atoms with van der Waals surface area (Å²) in [5.41, 5.74) is 4.88. The zero-order valence-corrected chi connectivity index (χ0v) is 15.0. The molecule has 2 rings (SSSR count). The average molecular weight is 414 g/mol. The second kappa shape index (κ2) is 8.56. The van der Waals surface area contributed by atoms with Gasteiger partial charge in [0.05, 0.1) is 17.1 Å². The van der Waals surface area contributed by atoms with Gasteiger partial charge < -0.3 is 9.47 Å². The predicted molar refractivity (Wildman–Crippen MR) is 93.2 cm³/mol. The van der Waals surface area contributed by atoms with E-state index < -0.39 is 11.8 Å². The van der Waals surface area contributed by atoms with Gasteiger partial charge in [-0.3, -0.25) is 20.4 Å². The van der Waals surface area contributed by atoms with Crippen LogP contribution >= 0.6 is 27.5 Å². The molecule has 24 heavy (non-hydrogen) atoms. The van der Waals surface area contributed by atoms with E-state index in [1.807, 2.05) is 0 Å². The van der Waals surface area contributed by atoms with Crippen LogP contribution in [0.4, 0.5) is 0 Å². The Morgan fingerprint density at radius 1 is 1.12 bits per heavy atom. The van der Waals surface area contributed by atoms with Crippen molar-refractivity contribution in [3.05, 3.63) is 57.5 Å². The summed E-state index contributed by atoms with van der Waals surface area (Å²) in [5, 5.41) is 0.544. The van der Waals surface area contributed by atoms with Gasteiger partial charge in [0.1, 0.15) is 11.5 Å². The second-order valence-electron chi connectivity index (χ2n) is 4.57. The van der Waals surface area contributed by atoms with Gasteiger partial charge in [-0.2, -0.15) is 0 Å². The average Bonchev–Trinajstić information content (AvgIpc) is 2.58. The highest BCUT2D eigenvalue weighted by Crippen LogP contribution is 2.27. The minimum Gasteiger partial charge on any atom is -0.496 e. The monoisotopic (exact) mass is 412 g/mol. The fourth-order valence-electron chi connectivity index (χ4n) is 1.80. The van der Waals surface area contributed by atoms with Crippen LogP contribution in [0.5, 0.6) is 11.5 Å². The first-order chi connectivity index (χ1) is 11.5. The van der Waals surface area contributed by atoms with Crippen LogP contribution < -0.4 is 20.3 Å². The summed E-state index contributed by atoms with van der Waals surface area (Å²) in [7, 11) is 1.46. The molecule has 0 aromatic heterocycles. The highest BCUT2D eigenvalue weighted by Gasteiger charge is 2.12. The Morgan fingerprint density at radius 3 is 2.58 bits per heavy atom. The fraction of sp³-hybridized carbons (Fsp3) is 0.125. The summed E-state index contributed by atoms with van der Waals surface area (Å²) in [6.07, 6.45) is 0. The number of para-hydroxylation sites is 1. The van der Waals surface area contributed by atoms with Crippen LogP contribution in [-0.4, -0.2) is 25.5 Å². The first-order valence-corrected chi connectivity index (χ1v) is 7.98. The van der Waals surface area contributed by atoms with Gasteiger partial charge in [0.2, 0.25) is 0 Å². The van der Waals surface area contributed by atoms with Crippen molar-refractivity contribution < 1.29 is 19.1 Å². The Hall–Kier alpha value is -2.25. The van der Waals surface area contributed by atoms with Crippen molar-refractivity contribution in [3.8, 4) is 11.5 Å².